The second kappa shape index (κ2) is 47.7. The summed E-state index contributed by atoms with van der Waals surface area (Å²) in [5.41, 5.74) is 21.8. The summed E-state index contributed by atoms with van der Waals surface area (Å²) in [6.45, 7) is 16.6. The van der Waals surface area contributed by atoms with Crippen LogP contribution in [0.5, 0.6) is 0 Å². The van der Waals surface area contributed by atoms with Crippen molar-refractivity contribution in [2.75, 3.05) is 26.2 Å². The molecule has 25 N–H and O–H groups in total. The van der Waals surface area contributed by atoms with E-state index in [1.54, 1.807) is 62.3 Å². The molecule has 630 valence electrons. The third kappa shape index (κ3) is 38.3. The lowest BCUT2D eigenvalue weighted by atomic mass is 9.95. The van der Waals surface area contributed by atoms with E-state index in [-0.39, 0.29) is 75.5 Å². The summed E-state index contributed by atoms with van der Waals surface area (Å²) in [4.78, 5) is 205. The van der Waals surface area contributed by atoms with E-state index in [0.29, 0.717) is 0 Å². The first-order chi connectivity index (χ1) is 51.1. The van der Waals surface area contributed by atoms with E-state index in [2.05, 4.69) is 52.8 Å². The minimum absolute atomic E-state index is 0.0217. The van der Waals surface area contributed by atoms with E-state index >= 15 is 4.79 Å². The summed E-state index contributed by atoms with van der Waals surface area (Å²) in [6.07, 6.45) is -19.2. The van der Waals surface area contributed by atoms with Crippen molar-refractivity contribution in [3.8, 4) is 0 Å². The summed E-state index contributed by atoms with van der Waals surface area (Å²) in [6, 6.07) is -11.3. The molecule has 2 rings (SSSR count). The highest BCUT2D eigenvalue weighted by atomic mass is 19.4. The molecule has 1 aromatic carbocycles. The van der Waals surface area contributed by atoms with Crippen LogP contribution in [0.4, 0.5) is 31.1 Å². The highest BCUT2D eigenvalue weighted by molar-refractivity contribution is 6.00. The van der Waals surface area contributed by atoms with Crippen molar-refractivity contribution in [2.45, 2.75) is 231 Å². The number of ether oxygens (including phenoxy) is 2. The maximum Gasteiger partial charge on any atom is 0.490 e. The van der Waals surface area contributed by atoms with Gasteiger partial charge in [-0.25, -0.2) is 19.2 Å². The van der Waals surface area contributed by atoms with Gasteiger partial charge < -0.3 is 122 Å². The second-order valence-electron chi connectivity index (χ2n) is 27.6. The molecule has 1 aliphatic heterocycles. The third-order valence-corrected chi connectivity index (χ3v) is 15.6. The number of alkyl carbamates (subject to hydrolysis) is 1. The number of benzene rings is 1. The molecule has 2 unspecified atom stereocenters. The number of carboxylic acid groups (broad SMARTS) is 2. The number of cyclic esters (lactones) is 1. The number of nitrogens with one attached hydrogen (secondary N) is 11. The van der Waals surface area contributed by atoms with Gasteiger partial charge in [0.2, 0.25) is 65.0 Å². The van der Waals surface area contributed by atoms with Gasteiger partial charge in [-0.05, 0) is 95.5 Å². The number of halogens is 6. The standard InChI is InChI=1S/C62H104N16O19.2C2HF3O2/c1-13-32(8)41-55(90)76-42(33(9)80)54(89)69-27-40(81)74-44(47(83)49(64)84)57(92)73-39(28-79)59(94)96-48(34-19-15-14-16-20-34)45(78-53(88)38(26-30(4)5)71-50(85)35(63)21-17-24-68-61(95)97-62(10,11)12)58(93)77-43(46(82)31(6)7)56(91)72-37(25-29(2)3)52(87)70-36(51(86)75-41)22-18-23-67-60(65)66;2*3-2(4,5)1(6)7/h14-16,19-20,29-33,35-39,41-48,79-80,82-83H,13,17-18,21-28,63H2,1-12H3,(H2,64,84)(H,68,95)(H,69,89)(H,70,87)(H,71,85)(H,72,91)(H,73,92)(H,74,81)(H,75,86)(H,76,90)(H,77,93)(H,78,88)(H4,65,66,67);2*(H,6,7)/t32-,33-,35+,36+,37-,38-,39-,41?,42?,43-,44-,45-,46+,47-,48+;;/m0../s1. The Bertz CT molecular complexity index is 3300. The van der Waals surface area contributed by atoms with Gasteiger partial charge in [0.05, 0.1) is 31.4 Å². The number of aliphatic imine (C=N–C) groups is 1. The van der Waals surface area contributed by atoms with Gasteiger partial charge in [0.25, 0.3) is 0 Å². The van der Waals surface area contributed by atoms with Crippen LogP contribution in [0.25, 0.3) is 0 Å². The van der Waals surface area contributed by atoms with Crippen LogP contribution in [0.1, 0.15) is 140 Å². The third-order valence-electron chi connectivity index (χ3n) is 15.6. The lowest BCUT2D eigenvalue weighted by molar-refractivity contribution is -0.193. The molecule has 0 aliphatic carbocycles. The summed E-state index contributed by atoms with van der Waals surface area (Å²) < 4.78 is 74.7. The molecule has 1 fully saturated rings. The number of rotatable bonds is 25. The Labute approximate surface area is 634 Å². The van der Waals surface area contributed by atoms with Crippen molar-refractivity contribution in [1.29, 1.82) is 0 Å². The molecule has 39 nitrogen and oxygen atoms in total. The van der Waals surface area contributed by atoms with Gasteiger partial charge >= 0.3 is 36.4 Å². The van der Waals surface area contributed by atoms with Gasteiger partial charge in [-0.1, -0.05) is 92.1 Å². The molecule has 0 spiro atoms. The minimum Gasteiger partial charge on any atom is -0.475 e. The van der Waals surface area contributed by atoms with Crippen LogP contribution in [-0.2, 0) is 76.6 Å². The molecule has 0 bridgehead atoms. The number of nitrogens with two attached hydrogens (primary N) is 4. The molecule has 0 aromatic heterocycles. The second-order valence-corrected chi connectivity index (χ2v) is 27.6. The van der Waals surface area contributed by atoms with Gasteiger partial charge in [0.1, 0.15) is 53.9 Å². The summed E-state index contributed by atoms with van der Waals surface area (Å²) >= 11 is 0. The maximum absolute atomic E-state index is 15.5. The Morgan fingerprint density at radius 1 is 0.649 bits per heavy atom. The predicted molar refractivity (Wildman–Crippen MR) is 378 cm³/mol. The molecule has 1 saturated heterocycles. The number of carbonyl (C=O) groups excluding carboxylic acids is 13. The number of hydrogen-bond donors (Lipinski definition) is 21. The average Bonchev–Trinajstić information content (AvgIpc) is 0.813. The monoisotopic (exact) mass is 1600 g/mol. The zero-order valence-electron chi connectivity index (χ0n) is 63.2. The van der Waals surface area contributed by atoms with Gasteiger partial charge in [-0.15, -0.1) is 0 Å². The van der Waals surface area contributed by atoms with Crippen LogP contribution in [0.3, 0.4) is 0 Å². The van der Waals surface area contributed by atoms with Gasteiger partial charge in [-0.3, -0.25) is 57.7 Å². The molecule has 1 aliphatic rings. The van der Waals surface area contributed by atoms with Crippen molar-refractivity contribution < 1.29 is 138 Å². The van der Waals surface area contributed by atoms with Gasteiger partial charge in [0.15, 0.2) is 24.2 Å². The summed E-state index contributed by atoms with van der Waals surface area (Å²) in [5.74, 6) is -23.2. The number of amides is 12. The van der Waals surface area contributed by atoms with E-state index in [9.17, 15) is 104 Å². The number of hydrogen-bond acceptors (Lipinski definition) is 23. The van der Waals surface area contributed by atoms with E-state index in [1.807, 2.05) is 10.6 Å². The number of primary amides is 1. The Morgan fingerprint density at radius 3 is 1.63 bits per heavy atom. The van der Waals surface area contributed by atoms with Crippen LogP contribution in [0.15, 0.2) is 35.3 Å². The average molecular weight is 1610 g/mol. The quantitative estimate of drug-likeness (QED) is 0.0146. The lowest BCUT2D eigenvalue weighted by Crippen LogP contribution is -2.64. The van der Waals surface area contributed by atoms with Crippen molar-refractivity contribution in [2.24, 2.45) is 51.6 Å². The van der Waals surface area contributed by atoms with E-state index in [4.69, 9.17) is 52.2 Å². The van der Waals surface area contributed by atoms with Crippen LogP contribution < -0.4 is 81.4 Å². The topological polar surface area (TPSA) is 645 Å². The number of aliphatic hydroxyl groups is 4. The highest BCUT2D eigenvalue weighted by Crippen LogP contribution is 2.25. The number of carboxylic acids is 2. The molecule has 0 radical (unpaired) electrons. The molecular formula is C66H106F6N16O23. The Balaban J connectivity index is 0.00000783. The number of esters is 1. The highest BCUT2D eigenvalue weighted by Gasteiger charge is 2.45. The van der Waals surface area contributed by atoms with Crippen molar-refractivity contribution in [1.82, 2.24) is 58.5 Å². The van der Waals surface area contributed by atoms with E-state index in [1.165, 1.54) is 44.2 Å². The van der Waals surface area contributed by atoms with Crippen LogP contribution >= 0.6 is 0 Å². The Hall–Kier alpha value is -10.3. The number of aliphatic hydroxyl groups excluding tert-OH is 4. The lowest BCUT2D eigenvalue weighted by Gasteiger charge is -2.33. The fourth-order valence-corrected chi connectivity index (χ4v) is 9.59. The van der Waals surface area contributed by atoms with Crippen LogP contribution in [-0.4, -0.2) is 249 Å². The Morgan fingerprint density at radius 2 is 1.15 bits per heavy atom. The largest absolute Gasteiger partial charge is 0.490 e. The van der Waals surface area contributed by atoms with Crippen molar-refractivity contribution in [3.63, 3.8) is 0 Å². The van der Waals surface area contributed by atoms with Crippen molar-refractivity contribution in [3.05, 3.63) is 35.9 Å². The predicted octanol–water partition coefficient (Wildman–Crippen LogP) is -3.91. The van der Waals surface area contributed by atoms with Crippen LogP contribution in [0.2, 0.25) is 0 Å². The van der Waals surface area contributed by atoms with Gasteiger partial charge in [0, 0.05) is 13.1 Å². The molecule has 12 amide bonds. The Kier molecular flexibility index (Phi) is 43.3. The summed E-state index contributed by atoms with van der Waals surface area (Å²) in [7, 11) is 0. The summed E-state index contributed by atoms with van der Waals surface area (Å²) in [5, 5.41) is 84.9. The smallest absolute Gasteiger partial charge is 0.475 e. The molecular weight excluding hydrogens is 1500 g/mol. The molecule has 111 heavy (non-hydrogen) atoms. The molecule has 15 atom stereocenters. The first-order valence-corrected chi connectivity index (χ1v) is 34.7. The zero-order chi connectivity index (χ0) is 85.9. The number of alkyl halides is 6. The van der Waals surface area contributed by atoms with Crippen molar-refractivity contribution >= 4 is 94.9 Å². The van der Waals surface area contributed by atoms with Crippen LogP contribution in [0, 0.1) is 23.7 Å². The molecule has 0 saturated carbocycles. The minimum atomic E-state index is -5.08. The number of aliphatic carboxylic acids is 2. The first kappa shape index (κ1) is 101. The van der Waals surface area contributed by atoms with E-state index in [0.717, 1.165) is 6.92 Å². The molecule has 45 heteroatoms. The zero-order valence-corrected chi connectivity index (χ0v) is 63.2. The normalized spacial score (nSPS) is 22.2. The van der Waals surface area contributed by atoms with E-state index < -0.39 is 223 Å². The number of nitrogens with zero attached hydrogens (tertiary/aromatic N) is 1. The SMILES string of the molecule is CC[C@H](C)C1NC(=O)[C@@H](CCCN=C(N)N)NC(=O)[C@H](CC(C)C)NC(=O)[C@H]([C@H](O)C(C)C)NC(=O)[C@@H](NC(=O)[C@H](CC(C)C)NC(=O)[C@H](N)CCCNC(=O)OC(C)(C)C)[C@@H](c2ccccc2)OC(=O)[C@H](CO)NC(=O)[C@H]([C@H](O)C(N)=O)NC(=O)CNC(=O)C([C@H](C)O)NC1=O.O=C(O)C(F)(F)F.O=C(O)C(F)(F)F. The maximum atomic E-state index is 15.5. The number of carbonyl (C=O) groups is 15. The first-order valence-electron chi connectivity index (χ1n) is 34.7. The molecule has 1 aromatic rings. The number of guanidine groups is 1. The fraction of sp³-hybridized carbons (Fsp3) is 0.667. The molecule has 1 heterocycles. The van der Waals surface area contributed by atoms with Gasteiger partial charge in [-0.2, -0.15) is 26.3 Å². The fourth-order valence-electron chi connectivity index (χ4n) is 9.59.